The molecule has 0 saturated carbocycles. The number of amides is 1. The molecule has 10 nitrogen and oxygen atoms in total. The summed E-state index contributed by atoms with van der Waals surface area (Å²) < 4.78 is 16.8. The predicted octanol–water partition coefficient (Wildman–Crippen LogP) is 4.84. The van der Waals surface area contributed by atoms with Crippen molar-refractivity contribution in [2.45, 2.75) is 46.6 Å². The molecule has 0 spiro atoms. The molecule has 1 amide bonds. The number of nitrogens with zero attached hydrogens (tertiary/aromatic N) is 3. The first kappa shape index (κ1) is 27.2. The molecule has 0 unspecified atom stereocenters. The maximum Gasteiger partial charge on any atom is 0.279 e. The highest BCUT2D eigenvalue weighted by atomic mass is 32.1. The highest BCUT2D eigenvalue weighted by Crippen LogP contribution is 2.34. The number of anilines is 2. The monoisotopic (exact) mass is 514 g/mol. The molecule has 2 aromatic heterocycles. The Morgan fingerprint density at radius 1 is 1.03 bits per heavy atom. The summed E-state index contributed by atoms with van der Waals surface area (Å²) in [6.45, 7) is 11.7. The quantitative estimate of drug-likeness (QED) is 0.292. The number of hydrogen-bond acceptors (Lipinski definition) is 10. The lowest BCUT2D eigenvalue weighted by Gasteiger charge is -2.14. The molecule has 2 heterocycles. The van der Waals surface area contributed by atoms with Gasteiger partial charge in [0.15, 0.2) is 5.69 Å². The summed E-state index contributed by atoms with van der Waals surface area (Å²) in [6, 6.07) is 6.48. The maximum atomic E-state index is 13.0. The van der Waals surface area contributed by atoms with Crippen LogP contribution in [0, 0.1) is 6.92 Å². The molecule has 1 aromatic carbocycles. The zero-order valence-electron chi connectivity index (χ0n) is 21.8. The zero-order chi connectivity index (χ0) is 26.2. The Balaban J connectivity index is 1.73. The second kappa shape index (κ2) is 12.5. The molecule has 0 aliphatic carbocycles. The topological polar surface area (TPSA) is 120 Å². The summed E-state index contributed by atoms with van der Waals surface area (Å²) in [5.41, 5.74) is 2.56. The average molecular weight is 515 g/mol. The smallest absolute Gasteiger partial charge is 0.279 e. The second-order valence-electron chi connectivity index (χ2n) is 8.71. The summed E-state index contributed by atoms with van der Waals surface area (Å²) in [6.07, 6.45) is 0. The molecule has 0 aliphatic rings. The van der Waals surface area contributed by atoms with E-state index in [0.717, 1.165) is 12.1 Å². The summed E-state index contributed by atoms with van der Waals surface area (Å²) >= 11 is 1.24. The molecule has 0 atom stereocenters. The molecule has 0 saturated heterocycles. The summed E-state index contributed by atoms with van der Waals surface area (Å²) in [7, 11) is 2.92. The normalized spacial score (nSPS) is 11.0. The molecule has 3 aromatic rings. The number of thiazole rings is 1. The van der Waals surface area contributed by atoms with E-state index < -0.39 is 5.91 Å². The molecule has 11 heteroatoms. The first-order valence-corrected chi connectivity index (χ1v) is 12.6. The number of nitrogens with one attached hydrogen (secondary N) is 3. The fourth-order valence-corrected chi connectivity index (χ4v) is 3.86. The summed E-state index contributed by atoms with van der Waals surface area (Å²) in [5.74, 6) is 1.29. The van der Waals surface area contributed by atoms with Gasteiger partial charge >= 0.3 is 0 Å². The van der Waals surface area contributed by atoms with Gasteiger partial charge < -0.3 is 30.2 Å². The minimum atomic E-state index is -0.462. The Morgan fingerprint density at radius 3 is 2.33 bits per heavy atom. The Bertz CT molecular complexity index is 1160. The SMILES string of the molecule is COc1nc(NCCNC(C)C)nc(OC)c1NC(=O)c1csc(Oc2cc(C(C)C)ccc2C)n1. The van der Waals surface area contributed by atoms with Crippen LogP contribution in [0.5, 0.6) is 22.7 Å². The molecule has 0 aliphatic heterocycles. The molecule has 0 bridgehead atoms. The Morgan fingerprint density at radius 2 is 1.72 bits per heavy atom. The van der Waals surface area contributed by atoms with Gasteiger partial charge in [-0.05, 0) is 30.0 Å². The van der Waals surface area contributed by atoms with E-state index in [1.165, 1.54) is 31.1 Å². The van der Waals surface area contributed by atoms with Crippen LogP contribution in [0.4, 0.5) is 11.6 Å². The minimum Gasteiger partial charge on any atom is -0.479 e. The Kier molecular flexibility index (Phi) is 9.43. The lowest BCUT2D eigenvalue weighted by Crippen LogP contribution is -2.28. The number of aromatic nitrogens is 3. The number of carbonyl (C=O) groups excluding carboxylic acids is 1. The molecule has 194 valence electrons. The van der Waals surface area contributed by atoms with Crippen molar-refractivity contribution in [3.63, 3.8) is 0 Å². The van der Waals surface area contributed by atoms with Crippen LogP contribution in [-0.4, -0.2) is 54.2 Å². The van der Waals surface area contributed by atoms with Crippen LogP contribution in [0.25, 0.3) is 0 Å². The summed E-state index contributed by atoms with van der Waals surface area (Å²) in [4.78, 5) is 26.0. The van der Waals surface area contributed by atoms with Crippen molar-refractivity contribution < 1.29 is 19.0 Å². The van der Waals surface area contributed by atoms with E-state index in [9.17, 15) is 4.79 Å². The molecule has 3 N–H and O–H groups in total. The highest BCUT2D eigenvalue weighted by Gasteiger charge is 2.21. The van der Waals surface area contributed by atoms with Crippen LogP contribution in [0.1, 0.15) is 55.2 Å². The van der Waals surface area contributed by atoms with Gasteiger partial charge in [-0.25, -0.2) is 0 Å². The van der Waals surface area contributed by atoms with Gasteiger partial charge in [-0.15, -0.1) is 0 Å². The molecule has 0 radical (unpaired) electrons. The Hall–Kier alpha value is -3.44. The largest absolute Gasteiger partial charge is 0.479 e. The average Bonchev–Trinajstić information content (AvgIpc) is 3.32. The van der Waals surface area contributed by atoms with Crippen molar-refractivity contribution >= 4 is 28.9 Å². The number of carbonyl (C=O) groups is 1. The molecule has 3 rings (SSSR count). The van der Waals surface area contributed by atoms with Crippen LogP contribution in [0.3, 0.4) is 0 Å². The van der Waals surface area contributed by atoms with Crippen LogP contribution in [0.15, 0.2) is 23.6 Å². The number of benzene rings is 1. The van der Waals surface area contributed by atoms with Gasteiger partial charge in [0.05, 0.1) is 14.2 Å². The molecular formula is C25H34N6O4S. The van der Waals surface area contributed by atoms with Gasteiger partial charge in [0.25, 0.3) is 11.1 Å². The van der Waals surface area contributed by atoms with Crippen molar-refractivity contribution in [3.8, 4) is 22.7 Å². The van der Waals surface area contributed by atoms with Crippen molar-refractivity contribution in [3.05, 3.63) is 40.4 Å². The Labute approximate surface area is 215 Å². The van der Waals surface area contributed by atoms with E-state index in [-0.39, 0.29) is 23.1 Å². The maximum absolute atomic E-state index is 13.0. The van der Waals surface area contributed by atoms with E-state index in [2.05, 4.69) is 64.7 Å². The van der Waals surface area contributed by atoms with Gasteiger partial charge in [-0.3, -0.25) is 4.79 Å². The van der Waals surface area contributed by atoms with Crippen LogP contribution in [-0.2, 0) is 0 Å². The van der Waals surface area contributed by atoms with Gasteiger partial charge in [0.1, 0.15) is 11.4 Å². The van der Waals surface area contributed by atoms with Crippen molar-refractivity contribution in [2.75, 3.05) is 37.9 Å². The van der Waals surface area contributed by atoms with E-state index >= 15 is 0 Å². The number of ether oxygens (including phenoxy) is 3. The lowest BCUT2D eigenvalue weighted by molar-refractivity contribution is 0.102. The highest BCUT2D eigenvalue weighted by molar-refractivity contribution is 7.11. The summed E-state index contributed by atoms with van der Waals surface area (Å²) in [5, 5.41) is 11.2. The number of methoxy groups -OCH3 is 2. The standard InChI is InChI=1S/C25H34N6O4S/c1-14(2)17-9-8-16(5)19(12-17)35-25-28-18(13-36-25)21(32)29-20-22(33-6)30-24(31-23(20)34-7)27-11-10-26-15(3)4/h8-9,12-15,26H,10-11H2,1-7H3,(H,29,32)(H,27,30,31). The van der Waals surface area contributed by atoms with Crippen molar-refractivity contribution in [2.24, 2.45) is 0 Å². The van der Waals surface area contributed by atoms with Crippen LogP contribution < -0.4 is 30.2 Å². The van der Waals surface area contributed by atoms with Gasteiger partial charge in [-0.1, -0.05) is 51.2 Å². The van der Waals surface area contributed by atoms with Crippen molar-refractivity contribution in [1.82, 2.24) is 20.3 Å². The fourth-order valence-electron chi connectivity index (χ4n) is 3.20. The van der Waals surface area contributed by atoms with Gasteiger partial charge in [0.2, 0.25) is 17.7 Å². The first-order valence-electron chi connectivity index (χ1n) is 11.7. The van der Waals surface area contributed by atoms with E-state index in [1.807, 2.05) is 19.1 Å². The third kappa shape index (κ3) is 7.05. The molecular weight excluding hydrogens is 480 g/mol. The van der Waals surface area contributed by atoms with E-state index in [4.69, 9.17) is 14.2 Å². The molecule has 36 heavy (non-hydrogen) atoms. The van der Waals surface area contributed by atoms with E-state index in [0.29, 0.717) is 35.4 Å². The predicted molar refractivity (Wildman–Crippen MR) is 142 cm³/mol. The van der Waals surface area contributed by atoms with Crippen molar-refractivity contribution in [1.29, 1.82) is 0 Å². The minimum absolute atomic E-state index is 0.169. The number of rotatable bonds is 12. The zero-order valence-corrected chi connectivity index (χ0v) is 22.6. The molecule has 0 fully saturated rings. The van der Waals surface area contributed by atoms with Gasteiger partial charge in [0, 0.05) is 24.5 Å². The third-order valence-electron chi connectivity index (χ3n) is 5.22. The number of aryl methyl sites for hydroxylation is 1. The van der Waals surface area contributed by atoms with Crippen LogP contribution in [0.2, 0.25) is 0 Å². The first-order chi connectivity index (χ1) is 17.2. The van der Waals surface area contributed by atoms with E-state index in [1.54, 1.807) is 5.38 Å². The third-order valence-corrected chi connectivity index (χ3v) is 5.94. The lowest BCUT2D eigenvalue weighted by atomic mass is 10.0. The fraction of sp³-hybridized carbons (Fsp3) is 0.440. The second-order valence-corrected chi connectivity index (χ2v) is 9.53. The van der Waals surface area contributed by atoms with Crippen LogP contribution >= 0.6 is 11.3 Å². The number of hydrogen-bond donors (Lipinski definition) is 3. The van der Waals surface area contributed by atoms with Gasteiger partial charge in [-0.2, -0.15) is 15.0 Å².